The van der Waals surface area contributed by atoms with E-state index in [1.807, 2.05) is 0 Å². The first-order valence-electron chi connectivity index (χ1n) is 11.8. The number of ether oxygens (including phenoxy) is 6. The number of carbonyl (C=O) groups is 4. The van der Waals surface area contributed by atoms with Crippen molar-refractivity contribution in [3.8, 4) is 0 Å². The molecule has 34 heavy (non-hydrogen) atoms. The monoisotopic (exact) mass is 486 g/mol. The second-order valence-corrected chi connectivity index (χ2v) is 9.73. The third-order valence-corrected chi connectivity index (χ3v) is 6.64. The van der Waals surface area contributed by atoms with Gasteiger partial charge in [-0.1, -0.05) is 27.2 Å². The molecule has 10 heteroatoms. The number of hydrogen-bond acceptors (Lipinski definition) is 10. The van der Waals surface area contributed by atoms with Gasteiger partial charge in [-0.25, -0.2) is 0 Å². The minimum absolute atomic E-state index is 0.0707. The van der Waals surface area contributed by atoms with E-state index in [0.29, 0.717) is 5.92 Å². The van der Waals surface area contributed by atoms with Gasteiger partial charge in [0.25, 0.3) is 0 Å². The Balaban J connectivity index is 2.38. The molecule has 2 rings (SSSR count). The fourth-order valence-corrected chi connectivity index (χ4v) is 4.59. The molecule has 0 spiro atoms. The largest absolute Gasteiger partial charge is 0.463 e. The smallest absolute Gasteiger partial charge is 0.303 e. The van der Waals surface area contributed by atoms with Crippen molar-refractivity contribution in [2.24, 2.45) is 11.3 Å². The van der Waals surface area contributed by atoms with Gasteiger partial charge in [0.05, 0.1) is 6.10 Å². The summed E-state index contributed by atoms with van der Waals surface area (Å²) in [6.45, 7) is 11.1. The van der Waals surface area contributed by atoms with Gasteiger partial charge in [-0.05, 0) is 30.6 Å². The van der Waals surface area contributed by atoms with Crippen molar-refractivity contribution < 1.29 is 47.6 Å². The van der Waals surface area contributed by atoms with E-state index in [9.17, 15) is 19.2 Å². The highest BCUT2D eigenvalue weighted by atomic mass is 16.7. The van der Waals surface area contributed by atoms with Crippen LogP contribution in [-0.2, 0) is 47.6 Å². The minimum Gasteiger partial charge on any atom is -0.463 e. The molecule has 1 heterocycles. The van der Waals surface area contributed by atoms with Crippen LogP contribution in [0.25, 0.3) is 0 Å². The fraction of sp³-hybridized carbons (Fsp3) is 0.833. The Morgan fingerprint density at radius 2 is 1.44 bits per heavy atom. The topological polar surface area (TPSA) is 124 Å². The first-order valence-corrected chi connectivity index (χ1v) is 11.8. The van der Waals surface area contributed by atoms with E-state index < -0.39 is 54.6 Å². The highest BCUT2D eigenvalue weighted by Crippen LogP contribution is 2.44. The Bertz CT molecular complexity index is 750. The maximum Gasteiger partial charge on any atom is 0.303 e. The summed E-state index contributed by atoms with van der Waals surface area (Å²) in [5, 5.41) is 0. The Morgan fingerprint density at radius 1 is 0.882 bits per heavy atom. The molecule has 0 bridgehead atoms. The molecule has 0 aromatic carbocycles. The summed E-state index contributed by atoms with van der Waals surface area (Å²) in [6.07, 6.45) is -2.31. The molecule has 2 fully saturated rings. The predicted octanol–water partition coefficient (Wildman–Crippen LogP) is 2.69. The highest BCUT2D eigenvalue weighted by molar-refractivity contribution is 5.68. The maximum absolute atomic E-state index is 11.9. The van der Waals surface area contributed by atoms with Crippen molar-refractivity contribution >= 4 is 23.9 Å². The third kappa shape index (κ3) is 7.66. The van der Waals surface area contributed by atoms with Gasteiger partial charge in [0.2, 0.25) is 0 Å². The van der Waals surface area contributed by atoms with Crippen LogP contribution in [0.4, 0.5) is 0 Å². The zero-order valence-electron chi connectivity index (χ0n) is 21.2. The first kappa shape index (κ1) is 28.0. The first-order chi connectivity index (χ1) is 15.8. The van der Waals surface area contributed by atoms with Gasteiger partial charge in [0.15, 0.2) is 24.6 Å². The lowest BCUT2D eigenvalue weighted by Gasteiger charge is -2.47. The summed E-state index contributed by atoms with van der Waals surface area (Å²) in [5.74, 6) is -2.10. The van der Waals surface area contributed by atoms with E-state index in [1.165, 1.54) is 27.7 Å². The molecule has 0 amide bonds. The summed E-state index contributed by atoms with van der Waals surface area (Å²) in [7, 11) is 0. The summed E-state index contributed by atoms with van der Waals surface area (Å²) in [4.78, 5) is 47.2. The maximum atomic E-state index is 11.9. The lowest BCUT2D eigenvalue weighted by molar-refractivity contribution is -0.320. The van der Waals surface area contributed by atoms with Crippen molar-refractivity contribution in [2.75, 3.05) is 6.61 Å². The molecule has 1 saturated carbocycles. The van der Waals surface area contributed by atoms with Crippen LogP contribution in [0.15, 0.2) is 0 Å². The average molecular weight is 487 g/mol. The van der Waals surface area contributed by atoms with Crippen LogP contribution in [0.2, 0.25) is 0 Å². The van der Waals surface area contributed by atoms with Crippen LogP contribution in [-0.4, -0.2) is 67.3 Å². The van der Waals surface area contributed by atoms with Crippen molar-refractivity contribution in [3.63, 3.8) is 0 Å². The molecule has 0 radical (unpaired) electrons. The van der Waals surface area contributed by atoms with Gasteiger partial charge >= 0.3 is 23.9 Å². The Labute approximate surface area is 200 Å². The fourth-order valence-electron chi connectivity index (χ4n) is 4.59. The Kier molecular flexibility index (Phi) is 9.87. The van der Waals surface area contributed by atoms with E-state index in [-0.39, 0.29) is 18.1 Å². The normalized spacial score (nSPS) is 33.6. The molecule has 3 unspecified atom stereocenters. The van der Waals surface area contributed by atoms with Gasteiger partial charge in [0, 0.05) is 27.7 Å². The van der Waals surface area contributed by atoms with Gasteiger partial charge in [-0.2, -0.15) is 0 Å². The molecule has 7 atom stereocenters. The zero-order chi connectivity index (χ0) is 25.6. The molecule has 0 aromatic rings. The molecule has 0 aromatic heterocycles. The summed E-state index contributed by atoms with van der Waals surface area (Å²) in [5.41, 5.74) is 0.0707. The quantitative estimate of drug-likeness (QED) is 0.374. The third-order valence-electron chi connectivity index (χ3n) is 6.64. The minimum atomic E-state index is -1.22. The molecule has 1 aliphatic carbocycles. The second-order valence-electron chi connectivity index (χ2n) is 9.73. The van der Waals surface area contributed by atoms with Crippen LogP contribution >= 0.6 is 0 Å². The average Bonchev–Trinajstić information content (AvgIpc) is 2.70. The van der Waals surface area contributed by atoms with E-state index >= 15 is 0 Å². The predicted molar refractivity (Wildman–Crippen MR) is 118 cm³/mol. The molecule has 0 N–H and O–H groups in total. The van der Waals surface area contributed by atoms with Gasteiger partial charge in [-0.15, -0.1) is 0 Å². The summed E-state index contributed by atoms with van der Waals surface area (Å²) >= 11 is 0. The lowest BCUT2D eigenvalue weighted by atomic mass is 9.67. The molecule has 1 saturated heterocycles. The van der Waals surface area contributed by atoms with Gasteiger partial charge in [-0.3, -0.25) is 19.2 Å². The lowest BCUT2D eigenvalue weighted by Crippen LogP contribution is -2.63. The molecular weight excluding hydrogens is 448 g/mol. The van der Waals surface area contributed by atoms with E-state index in [0.717, 1.165) is 25.7 Å². The van der Waals surface area contributed by atoms with Crippen LogP contribution in [0.1, 0.15) is 74.1 Å². The van der Waals surface area contributed by atoms with Crippen molar-refractivity contribution in [1.82, 2.24) is 0 Å². The number of rotatable bonds is 8. The second kappa shape index (κ2) is 12.0. The number of carbonyl (C=O) groups excluding carboxylic acids is 4. The number of hydrogen-bond donors (Lipinski definition) is 0. The van der Waals surface area contributed by atoms with Crippen molar-refractivity contribution in [1.29, 1.82) is 0 Å². The zero-order valence-corrected chi connectivity index (χ0v) is 21.2. The SMILES string of the molecule is CC(=O)OC[C@H]1OC(OC2CCCC(C)(C(C)C)C2)[C@H](OC(C)=O)[C@@H](OC(C)=O)[C@@H]1OC(C)=O. The van der Waals surface area contributed by atoms with E-state index in [4.69, 9.17) is 28.4 Å². The summed E-state index contributed by atoms with van der Waals surface area (Å²) < 4.78 is 33.8. The van der Waals surface area contributed by atoms with Crippen LogP contribution in [0, 0.1) is 11.3 Å². The molecule has 194 valence electrons. The van der Waals surface area contributed by atoms with Crippen LogP contribution in [0.5, 0.6) is 0 Å². The van der Waals surface area contributed by atoms with E-state index in [1.54, 1.807) is 0 Å². The van der Waals surface area contributed by atoms with Crippen molar-refractivity contribution in [2.45, 2.75) is 111 Å². The standard InChI is InChI=1S/C24H38O10/c1-13(2)24(7)10-8-9-18(11-24)33-23-22(32-17(6)28)21(31-16(5)27)20(30-15(4)26)19(34-23)12-29-14(3)25/h13,18-23H,8-12H2,1-7H3/t18?,19-,20-,21+,22-,23?,24?/m1/s1. The van der Waals surface area contributed by atoms with Gasteiger partial charge in [0.1, 0.15) is 12.7 Å². The van der Waals surface area contributed by atoms with E-state index in [2.05, 4.69) is 20.8 Å². The highest BCUT2D eigenvalue weighted by Gasteiger charge is 2.53. The number of esters is 4. The Hall–Kier alpha value is -2.20. The Morgan fingerprint density at radius 3 is 1.97 bits per heavy atom. The molecular formula is C24H38O10. The summed E-state index contributed by atoms with van der Waals surface area (Å²) in [6, 6.07) is 0. The molecule has 1 aliphatic heterocycles. The molecule has 10 nitrogen and oxygen atoms in total. The van der Waals surface area contributed by atoms with Crippen LogP contribution < -0.4 is 0 Å². The van der Waals surface area contributed by atoms with Crippen molar-refractivity contribution in [3.05, 3.63) is 0 Å². The molecule has 2 aliphatic rings. The van der Waals surface area contributed by atoms with Crippen LogP contribution in [0.3, 0.4) is 0 Å². The van der Waals surface area contributed by atoms with Gasteiger partial charge < -0.3 is 28.4 Å².